The van der Waals surface area contributed by atoms with Gasteiger partial charge in [-0.05, 0) is 6.08 Å². The molecule has 0 aliphatic rings. The molecule has 5 nitrogen and oxygen atoms in total. The Balaban J connectivity index is -0.000000177. The number of primary amides is 1. The Morgan fingerprint density at radius 1 is 1.06 bits per heavy atom. The quantitative estimate of drug-likeness (QED) is 0.365. The summed E-state index contributed by atoms with van der Waals surface area (Å²) >= 11 is 0. The molecule has 0 saturated carbocycles. The number of hydrogen-bond acceptors (Lipinski definition) is 3. The van der Waals surface area contributed by atoms with Crippen molar-refractivity contribution < 1.29 is 14.7 Å². The zero-order valence-corrected chi connectivity index (χ0v) is 9.89. The van der Waals surface area contributed by atoms with E-state index in [1.165, 1.54) is 0 Å². The molecule has 4 N–H and O–H groups in total. The van der Waals surface area contributed by atoms with Crippen molar-refractivity contribution in [3.63, 3.8) is 0 Å². The minimum absolute atomic E-state index is 0.481. The predicted molar refractivity (Wildman–Crippen MR) is 70.5 cm³/mol. The monoisotopic (exact) mass is 240 g/mol. The largest absolute Gasteiger partial charge is 0.478 e. The molecule has 0 fully saturated rings. The van der Waals surface area contributed by atoms with Crippen molar-refractivity contribution in [3.8, 4) is 0 Å². The van der Waals surface area contributed by atoms with Crippen LogP contribution in [0.5, 0.6) is 0 Å². The highest BCUT2D eigenvalue weighted by atomic mass is 16.4. The number of nitrogens with two attached hydrogens (primary N) is 1. The Morgan fingerprint density at radius 3 is 1.47 bits per heavy atom. The second-order valence-electron chi connectivity index (χ2n) is 2.38. The second kappa shape index (κ2) is 19.4. The number of carboxylic acid groups (broad SMARTS) is 1. The van der Waals surface area contributed by atoms with Gasteiger partial charge in [0.15, 0.2) is 0 Å². The van der Waals surface area contributed by atoms with Crippen molar-refractivity contribution in [3.05, 3.63) is 50.6 Å². The van der Waals surface area contributed by atoms with Crippen LogP contribution in [-0.4, -0.2) is 30.1 Å². The summed E-state index contributed by atoms with van der Waals surface area (Å²) in [5, 5.41) is 10.7. The first-order valence-corrected chi connectivity index (χ1v) is 4.65. The third kappa shape index (κ3) is 56.8. The van der Waals surface area contributed by atoms with Crippen LogP contribution in [0.3, 0.4) is 0 Å². The van der Waals surface area contributed by atoms with Crippen molar-refractivity contribution in [1.82, 2.24) is 5.32 Å². The molecular weight excluding hydrogens is 220 g/mol. The van der Waals surface area contributed by atoms with E-state index in [0.717, 1.165) is 25.2 Å². The van der Waals surface area contributed by atoms with Gasteiger partial charge in [0.2, 0.25) is 5.91 Å². The summed E-state index contributed by atoms with van der Waals surface area (Å²) in [6.45, 7) is 14.9. The van der Waals surface area contributed by atoms with E-state index in [1.54, 1.807) is 0 Å². The van der Waals surface area contributed by atoms with Crippen molar-refractivity contribution in [2.45, 2.75) is 0 Å². The maximum Gasteiger partial charge on any atom is 0.327 e. The number of carboxylic acids is 1. The van der Waals surface area contributed by atoms with Crippen LogP contribution in [0.1, 0.15) is 0 Å². The number of nitrogens with one attached hydrogen (secondary N) is 1. The fourth-order valence-electron chi connectivity index (χ4n) is 0.287. The number of carbonyl (C=O) groups is 2. The van der Waals surface area contributed by atoms with E-state index in [0.29, 0.717) is 0 Å². The summed E-state index contributed by atoms with van der Waals surface area (Å²) in [5.41, 5.74) is 4.53. The zero-order valence-electron chi connectivity index (χ0n) is 9.89. The average Bonchev–Trinajstić information content (AvgIpc) is 2.31. The molecule has 0 aromatic rings. The molecule has 5 heteroatoms. The Morgan fingerprint density at radius 2 is 1.35 bits per heavy atom. The first-order valence-electron chi connectivity index (χ1n) is 4.65. The molecular formula is C12H20N2O3. The number of hydrogen-bond donors (Lipinski definition) is 3. The fourth-order valence-corrected chi connectivity index (χ4v) is 0.287. The maximum absolute atomic E-state index is 9.47. The molecule has 0 heterocycles. The van der Waals surface area contributed by atoms with Crippen molar-refractivity contribution in [2.24, 2.45) is 5.73 Å². The van der Waals surface area contributed by atoms with Crippen LogP contribution in [0.25, 0.3) is 0 Å². The third-order valence-corrected chi connectivity index (χ3v) is 0.953. The van der Waals surface area contributed by atoms with Gasteiger partial charge in [-0.15, -0.1) is 13.2 Å². The summed E-state index contributed by atoms with van der Waals surface area (Å²) in [5.74, 6) is -1.46. The Labute approximate surface area is 102 Å². The highest BCUT2D eigenvalue weighted by molar-refractivity contribution is 5.84. The van der Waals surface area contributed by atoms with E-state index in [-0.39, 0.29) is 0 Å². The number of aliphatic carboxylic acids is 1. The molecule has 0 spiro atoms. The van der Waals surface area contributed by atoms with E-state index in [9.17, 15) is 9.59 Å². The second-order valence-corrected chi connectivity index (χ2v) is 2.38. The molecule has 0 aromatic heterocycles. The normalized spacial score (nSPS) is 7.06. The van der Waals surface area contributed by atoms with Crippen molar-refractivity contribution in [1.29, 1.82) is 0 Å². The molecule has 0 atom stereocenters. The molecule has 1 amide bonds. The van der Waals surface area contributed by atoms with Crippen LogP contribution >= 0.6 is 0 Å². The smallest absolute Gasteiger partial charge is 0.327 e. The zero-order chi connectivity index (χ0) is 14.1. The van der Waals surface area contributed by atoms with Crippen molar-refractivity contribution >= 4 is 11.9 Å². The van der Waals surface area contributed by atoms with Gasteiger partial charge in [-0.2, -0.15) is 0 Å². The number of amides is 1. The Hall–Kier alpha value is -2.14. The van der Waals surface area contributed by atoms with Crippen molar-refractivity contribution in [2.75, 3.05) is 13.1 Å². The highest BCUT2D eigenvalue weighted by Crippen LogP contribution is 1.59. The summed E-state index contributed by atoms with van der Waals surface area (Å²) in [6, 6.07) is 0. The lowest BCUT2D eigenvalue weighted by Gasteiger charge is -1.90. The molecule has 0 aliphatic heterocycles. The Kier molecular flexibility index (Phi) is 23.2. The van der Waals surface area contributed by atoms with Gasteiger partial charge >= 0.3 is 5.97 Å². The molecule has 0 rings (SSSR count). The molecule has 0 bridgehead atoms. The van der Waals surface area contributed by atoms with Gasteiger partial charge in [0, 0.05) is 19.2 Å². The number of rotatable bonds is 6. The van der Waals surface area contributed by atoms with Gasteiger partial charge in [0.05, 0.1) is 0 Å². The molecule has 0 aromatic carbocycles. The van der Waals surface area contributed by atoms with E-state index < -0.39 is 11.9 Å². The SMILES string of the molecule is C=CC(=O)O.C=CC(N)=O.C=CCNCC=C. The minimum atomic E-state index is -0.981. The van der Waals surface area contributed by atoms with Crippen LogP contribution in [0, 0.1) is 0 Å². The fraction of sp³-hybridized carbons (Fsp3) is 0.167. The van der Waals surface area contributed by atoms with E-state index >= 15 is 0 Å². The lowest BCUT2D eigenvalue weighted by Crippen LogP contribution is -2.11. The minimum Gasteiger partial charge on any atom is -0.478 e. The summed E-state index contributed by atoms with van der Waals surface area (Å²) in [4.78, 5) is 18.7. The third-order valence-electron chi connectivity index (χ3n) is 0.953. The van der Waals surface area contributed by atoms with Gasteiger partial charge < -0.3 is 16.2 Å². The topological polar surface area (TPSA) is 92.4 Å². The molecule has 0 unspecified atom stereocenters. The Bertz CT molecular complexity index is 234. The summed E-state index contributed by atoms with van der Waals surface area (Å²) < 4.78 is 0. The average molecular weight is 240 g/mol. The van der Waals surface area contributed by atoms with Gasteiger partial charge in [-0.1, -0.05) is 25.3 Å². The maximum atomic E-state index is 9.47. The van der Waals surface area contributed by atoms with E-state index in [1.807, 2.05) is 12.2 Å². The van der Waals surface area contributed by atoms with Gasteiger partial charge in [0.1, 0.15) is 0 Å². The first kappa shape index (κ1) is 20.3. The standard InChI is InChI=1S/C6H11N.C3H5NO.C3H4O2/c1-3-5-7-6-4-2;2*1-2-3(4)5/h3-4,7H,1-2,5-6H2;2H,1H2,(H2,4,5);2H,1H2,(H,4,5). The highest BCUT2D eigenvalue weighted by Gasteiger charge is 1.73. The summed E-state index contributed by atoms with van der Waals surface area (Å²) in [7, 11) is 0. The van der Waals surface area contributed by atoms with Crippen LogP contribution in [0.15, 0.2) is 50.6 Å². The van der Waals surface area contributed by atoms with Gasteiger partial charge in [-0.25, -0.2) is 4.79 Å². The predicted octanol–water partition coefficient (Wildman–Crippen LogP) is 0.863. The van der Waals surface area contributed by atoms with Crippen LogP contribution in [0.2, 0.25) is 0 Å². The number of carbonyl (C=O) groups excluding carboxylic acids is 1. The van der Waals surface area contributed by atoms with Crippen LogP contribution in [0.4, 0.5) is 0 Å². The lowest BCUT2D eigenvalue weighted by atomic mass is 10.5. The van der Waals surface area contributed by atoms with Crippen LogP contribution < -0.4 is 11.1 Å². The molecule has 0 aliphatic carbocycles. The molecule has 0 radical (unpaired) electrons. The lowest BCUT2D eigenvalue weighted by molar-refractivity contribution is -0.131. The molecule has 96 valence electrons. The first-order chi connectivity index (χ1) is 7.95. The van der Waals surface area contributed by atoms with Gasteiger partial charge in [0.25, 0.3) is 0 Å². The van der Waals surface area contributed by atoms with Gasteiger partial charge in [-0.3, -0.25) is 4.79 Å². The summed E-state index contributed by atoms with van der Waals surface area (Å²) in [6.07, 6.45) is 5.53. The van der Waals surface area contributed by atoms with Crippen LogP contribution in [-0.2, 0) is 9.59 Å². The van der Waals surface area contributed by atoms with E-state index in [2.05, 4.69) is 37.4 Å². The molecule has 17 heavy (non-hydrogen) atoms. The molecule has 0 saturated heterocycles. The van der Waals surface area contributed by atoms with E-state index in [4.69, 9.17) is 5.11 Å².